The van der Waals surface area contributed by atoms with Crippen LogP contribution in [0, 0.1) is 5.82 Å². The van der Waals surface area contributed by atoms with Crippen LogP contribution in [0.4, 0.5) is 14.9 Å². The molecule has 2 aliphatic rings. The molecule has 0 N–H and O–H groups in total. The third kappa shape index (κ3) is 4.37. The molecular weight excluding hydrogens is 469 g/mol. The maximum Gasteiger partial charge on any atom is 0.325 e. The van der Waals surface area contributed by atoms with Crippen molar-refractivity contribution in [3.63, 3.8) is 0 Å². The molecule has 3 aromatic rings. The molecule has 1 aromatic heterocycles. The van der Waals surface area contributed by atoms with Crippen molar-refractivity contribution < 1.29 is 13.9 Å². The van der Waals surface area contributed by atoms with E-state index in [1.54, 1.807) is 13.2 Å². The lowest BCUT2D eigenvalue weighted by molar-refractivity contribution is 0.205. The first kappa shape index (κ1) is 25.3. The molecule has 2 fully saturated rings. The van der Waals surface area contributed by atoms with Crippen LogP contribution in [-0.4, -0.2) is 63.9 Å². The summed E-state index contributed by atoms with van der Waals surface area (Å²) in [4.78, 5) is 20.1. The van der Waals surface area contributed by atoms with Crippen LogP contribution >= 0.6 is 0 Å². The van der Waals surface area contributed by atoms with Gasteiger partial charge in [0.15, 0.2) is 0 Å². The summed E-state index contributed by atoms with van der Waals surface area (Å²) >= 11 is 0. The Bertz CT molecular complexity index is 1270. The summed E-state index contributed by atoms with van der Waals surface area (Å²) in [5.74, 6) is 0.401. The highest BCUT2D eigenvalue weighted by atomic mass is 19.1. The zero-order valence-corrected chi connectivity index (χ0v) is 22.3. The molecule has 2 atom stereocenters. The SMILES string of the molecule is COc1ccccc1[C@H]1CN(Cc2ccnn2C(C)C)C[C@@]12CN(C(C)C)C(=O)N2c1cccc(F)c1. The Morgan fingerprint density at radius 2 is 1.84 bits per heavy atom. The number of benzene rings is 2. The van der Waals surface area contributed by atoms with E-state index in [9.17, 15) is 9.18 Å². The molecule has 0 aliphatic carbocycles. The topological polar surface area (TPSA) is 53.8 Å². The number of para-hydroxylation sites is 1. The number of rotatable bonds is 7. The number of hydrogen-bond donors (Lipinski definition) is 0. The van der Waals surface area contributed by atoms with E-state index in [-0.39, 0.29) is 29.8 Å². The molecule has 3 heterocycles. The molecule has 0 bridgehead atoms. The number of amides is 2. The summed E-state index contributed by atoms with van der Waals surface area (Å²) in [6.07, 6.45) is 1.84. The maximum absolute atomic E-state index is 14.5. The van der Waals surface area contributed by atoms with Crippen LogP contribution in [-0.2, 0) is 6.54 Å². The van der Waals surface area contributed by atoms with Crippen molar-refractivity contribution in [2.45, 2.75) is 57.8 Å². The van der Waals surface area contributed by atoms with Crippen LogP contribution in [0.3, 0.4) is 0 Å². The predicted octanol–water partition coefficient (Wildman–Crippen LogP) is 5.30. The number of carbonyl (C=O) groups is 1. The zero-order valence-electron chi connectivity index (χ0n) is 22.3. The molecule has 2 amide bonds. The van der Waals surface area contributed by atoms with Gasteiger partial charge in [-0.2, -0.15) is 5.10 Å². The molecule has 0 saturated carbocycles. The van der Waals surface area contributed by atoms with Crippen molar-refractivity contribution in [1.82, 2.24) is 19.6 Å². The number of carbonyl (C=O) groups excluding carboxylic acids is 1. The summed E-state index contributed by atoms with van der Waals surface area (Å²) in [6, 6.07) is 16.7. The third-order valence-corrected chi connectivity index (χ3v) is 7.74. The van der Waals surface area contributed by atoms with Crippen LogP contribution < -0.4 is 9.64 Å². The number of anilines is 1. The molecule has 7 nitrogen and oxygen atoms in total. The second-order valence-corrected chi connectivity index (χ2v) is 10.7. The lowest BCUT2D eigenvalue weighted by Crippen LogP contribution is -2.53. The second kappa shape index (κ2) is 9.82. The van der Waals surface area contributed by atoms with Crippen molar-refractivity contribution >= 4 is 11.7 Å². The first-order valence-corrected chi connectivity index (χ1v) is 13.0. The number of halogens is 1. The van der Waals surface area contributed by atoms with E-state index in [1.807, 2.05) is 58.8 Å². The highest BCUT2D eigenvalue weighted by molar-refractivity contribution is 5.97. The third-order valence-electron chi connectivity index (χ3n) is 7.74. The first-order valence-electron chi connectivity index (χ1n) is 13.0. The first-order chi connectivity index (χ1) is 17.7. The number of methoxy groups -OCH3 is 1. The van der Waals surface area contributed by atoms with Gasteiger partial charge >= 0.3 is 6.03 Å². The number of urea groups is 1. The van der Waals surface area contributed by atoms with Crippen molar-refractivity contribution in [3.8, 4) is 5.75 Å². The summed E-state index contributed by atoms with van der Waals surface area (Å²) in [7, 11) is 1.68. The van der Waals surface area contributed by atoms with Crippen molar-refractivity contribution in [2.75, 3.05) is 31.6 Å². The van der Waals surface area contributed by atoms with Gasteiger partial charge in [-0.05, 0) is 58.0 Å². The van der Waals surface area contributed by atoms with E-state index in [1.165, 1.54) is 12.1 Å². The minimum Gasteiger partial charge on any atom is -0.496 e. The molecule has 1 spiro atoms. The molecule has 5 rings (SSSR count). The van der Waals surface area contributed by atoms with E-state index in [0.717, 1.165) is 23.6 Å². The number of aromatic nitrogens is 2. The Balaban J connectivity index is 1.64. The summed E-state index contributed by atoms with van der Waals surface area (Å²) in [5.41, 5.74) is 2.17. The van der Waals surface area contributed by atoms with Gasteiger partial charge in [0.05, 0.1) is 18.3 Å². The molecule has 196 valence electrons. The smallest absolute Gasteiger partial charge is 0.325 e. The van der Waals surface area contributed by atoms with E-state index < -0.39 is 5.54 Å². The fourth-order valence-corrected chi connectivity index (χ4v) is 6.14. The maximum atomic E-state index is 14.5. The van der Waals surface area contributed by atoms with E-state index in [2.05, 4.69) is 36.0 Å². The predicted molar refractivity (Wildman–Crippen MR) is 142 cm³/mol. The van der Waals surface area contributed by atoms with Gasteiger partial charge in [0.2, 0.25) is 0 Å². The Morgan fingerprint density at radius 1 is 1.05 bits per heavy atom. The fourth-order valence-electron chi connectivity index (χ4n) is 6.14. The van der Waals surface area contributed by atoms with E-state index in [4.69, 9.17) is 4.74 Å². The van der Waals surface area contributed by atoms with E-state index in [0.29, 0.717) is 25.3 Å². The zero-order chi connectivity index (χ0) is 26.3. The lowest BCUT2D eigenvalue weighted by Gasteiger charge is -2.38. The van der Waals surface area contributed by atoms with Gasteiger partial charge in [-0.25, -0.2) is 9.18 Å². The van der Waals surface area contributed by atoms with Crippen molar-refractivity contribution in [2.24, 2.45) is 0 Å². The average Bonchev–Trinajstić information content (AvgIpc) is 3.55. The van der Waals surface area contributed by atoms with Crippen molar-refractivity contribution in [3.05, 3.63) is 77.9 Å². The van der Waals surface area contributed by atoms with Crippen LogP contribution in [0.2, 0.25) is 0 Å². The highest BCUT2D eigenvalue weighted by Gasteiger charge is 2.60. The molecular formula is C29H36FN5O2. The highest BCUT2D eigenvalue weighted by Crippen LogP contribution is 2.49. The molecule has 0 unspecified atom stereocenters. The minimum absolute atomic E-state index is 0.0117. The van der Waals surface area contributed by atoms with Crippen LogP contribution in [0.15, 0.2) is 60.8 Å². The summed E-state index contributed by atoms with van der Waals surface area (Å²) in [5, 5.41) is 4.53. The fraction of sp³-hybridized carbons (Fsp3) is 0.448. The standard InChI is InChI=1S/C29H36FN5O2/c1-20(2)33-19-29(34(28(33)36)23-10-8-9-22(30)15-23)18-32(16-24-13-14-31-35(24)21(3)4)17-26(29)25-11-6-7-12-27(25)37-5/h6-15,20-21,26H,16-19H2,1-5H3/t26-,29-/m1/s1. The summed E-state index contributed by atoms with van der Waals surface area (Å²) < 4.78 is 22.3. The largest absolute Gasteiger partial charge is 0.496 e. The second-order valence-electron chi connectivity index (χ2n) is 10.7. The monoisotopic (exact) mass is 505 g/mol. The number of nitrogens with zero attached hydrogens (tertiary/aromatic N) is 5. The Labute approximate surface area is 218 Å². The Morgan fingerprint density at radius 3 is 2.54 bits per heavy atom. The average molecular weight is 506 g/mol. The molecule has 0 radical (unpaired) electrons. The van der Waals surface area contributed by atoms with Crippen LogP contribution in [0.1, 0.15) is 50.9 Å². The molecule has 2 aliphatic heterocycles. The number of ether oxygens (including phenoxy) is 1. The number of likely N-dealkylation sites (tertiary alicyclic amines) is 1. The quantitative estimate of drug-likeness (QED) is 0.437. The molecule has 37 heavy (non-hydrogen) atoms. The van der Waals surface area contributed by atoms with Gasteiger partial charge in [0, 0.05) is 61.6 Å². The molecule has 2 aromatic carbocycles. The van der Waals surface area contributed by atoms with Crippen LogP contribution in [0.25, 0.3) is 0 Å². The molecule has 8 heteroatoms. The van der Waals surface area contributed by atoms with Gasteiger partial charge in [0.25, 0.3) is 0 Å². The van der Waals surface area contributed by atoms with E-state index >= 15 is 0 Å². The van der Waals surface area contributed by atoms with Crippen LogP contribution in [0.5, 0.6) is 5.75 Å². The number of hydrogen-bond acceptors (Lipinski definition) is 4. The minimum atomic E-state index is -0.605. The van der Waals surface area contributed by atoms with Gasteiger partial charge < -0.3 is 9.64 Å². The van der Waals surface area contributed by atoms with Gasteiger partial charge in [-0.3, -0.25) is 14.5 Å². The Kier molecular flexibility index (Phi) is 6.70. The van der Waals surface area contributed by atoms with Gasteiger partial charge in [-0.1, -0.05) is 24.3 Å². The Hall–Kier alpha value is -3.39. The lowest BCUT2D eigenvalue weighted by atomic mass is 9.80. The van der Waals surface area contributed by atoms with Crippen molar-refractivity contribution in [1.29, 1.82) is 0 Å². The van der Waals surface area contributed by atoms with Gasteiger partial charge in [0.1, 0.15) is 11.6 Å². The molecule has 2 saturated heterocycles. The normalized spacial score (nSPS) is 22.3. The summed E-state index contributed by atoms with van der Waals surface area (Å²) in [6.45, 7) is 10.9. The van der Waals surface area contributed by atoms with Gasteiger partial charge in [-0.15, -0.1) is 0 Å².